The third kappa shape index (κ3) is 4.51. The summed E-state index contributed by atoms with van der Waals surface area (Å²) in [6, 6.07) is 59.7. The molecule has 0 unspecified atom stereocenters. The van der Waals surface area contributed by atoms with E-state index in [1.165, 1.54) is 43.4 Å². The Balaban J connectivity index is 1.21. The molecule has 0 aliphatic rings. The molecular weight excluding hydrogens is 597 g/mol. The first kappa shape index (κ1) is 27.5. The molecule has 10 aromatic rings. The van der Waals surface area contributed by atoms with E-state index in [-0.39, 0.29) is 0 Å². The Morgan fingerprint density at radius 1 is 0.327 bits per heavy atom. The fourth-order valence-corrected chi connectivity index (χ4v) is 7.32. The van der Waals surface area contributed by atoms with Crippen molar-refractivity contribution in [3.05, 3.63) is 170 Å². The highest BCUT2D eigenvalue weighted by molar-refractivity contribution is 6.25. The molecule has 0 radical (unpaired) electrons. The van der Waals surface area contributed by atoms with Crippen molar-refractivity contribution in [2.45, 2.75) is 0 Å². The highest BCUT2D eigenvalue weighted by Gasteiger charge is 2.18. The van der Waals surface area contributed by atoms with Crippen LogP contribution in [0.1, 0.15) is 0 Å². The Labute approximate surface area is 282 Å². The summed E-state index contributed by atoms with van der Waals surface area (Å²) in [5, 5.41) is 9.58. The van der Waals surface area contributed by atoms with Crippen molar-refractivity contribution in [3.63, 3.8) is 0 Å². The Morgan fingerprint density at radius 3 is 1.55 bits per heavy atom. The van der Waals surface area contributed by atoms with E-state index in [4.69, 9.17) is 14.4 Å². The zero-order chi connectivity index (χ0) is 32.3. The molecule has 0 bridgehead atoms. The lowest BCUT2D eigenvalue weighted by Crippen LogP contribution is -1.96. The van der Waals surface area contributed by atoms with Crippen LogP contribution in [0.3, 0.4) is 0 Å². The number of fused-ring (bicyclic) bond motifs is 9. The smallest absolute Gasteiger partial charge is 0.164 e. The molecule has 0 spiro atoms. The zero-order valence-electron chi connectivity index (χ0n) is 26.5. The van der Waals surface area contributed by atoms with E-state index in [0.717, 1.165) is 50.0 Å². The van der Waals surface area contributed by atoms with Gasteiger partial charge in [0.2, 0.25) is 0 Å². The summed E-state index contributed by atoms with van der Waals surface area (Å²) >= 11 is 0. The Bertz CT molecular complexity index is 2830. The number of aromatic nitrogens is 2. The SMILES string of the molecule is c1ccc(-c2ccc(-c3cc(-c4ccc5c6ccccc6c6ccccc6c5c4)nc(-c4cccc5c4oc4ccccc45)n3)cc2)cc1. The first-order valence-electron chi connectivity index (χ1n) is 16.6. The van der Waals surface area contributed by atoms with Crippen molar-refractivity contribution >= 4 is 54.3 Å². The van der Waals surface area contributed by atoms with Crippen LogP contribution in [0.5, 0.6) is 0 Å². The molecule has 228 valence electrons. The maximum absolute atomic E-state index is 6.46. The molecule has 8 aromatic carbocycles. The molecule has 0 amide bonds. The first-order chi connectivity index (χ1) is 24.3. The summed E-state index contributed by atoms with van der Waals surface area (Å²) in [6.07, 6.45) is 0. The van der Waals surface area contributed by atoms with Crippen LogP contribution < -0.4 is 0 Å². The second-order valence-corrected chi connectivity index (χ2v) is 12.5. The van der Waals surface area contributed by atoms with Gasteiger partial charge in [-0.25, -0.2) is 9.97 Å². The Hall–Kier alpha value is -6.58. The van der Waals surface area contributed by atoms with Crippen molar-refractivity contribution in [1.29, 1.82) is 0 Å². The van der Waals surface area contributed by atoms with Gasteiger partial charge >= 0.3 is 0 Å². The lowest BCUT2D eigenvalue weighted by atomic mass is 9.92. The standard InChI is InChI=1S/C46H28N2O/c1-2-11-29(12-3-1)30-21-23-31(24-22-30)42-28-43(48-46(47-42)40-19-10-18-39-38-17-8-9-20-44(38)49-45(39)40)32-25-26-37-35-15-5-4-13-33(35)34-14-6-7-16-36(34)41(37)27-32/h1-28H. The molecule has 10 rings (SSSR count). The summed E-state index contributed by atoms with van der Waals surface area (Å²) in [4.78, 5) is 10.5. The van der Waals surface area contributed by atoms with Crippen molar-refractivity contribution in [3.8, 4) is 45.0 Å². The molecule has 49 heavy (non-hydrogen) atoms. The quantitative estimate of drug-likeness (QED) is 0.183. The predicted octanol–water partition coefficient (Wildman–Crippen LogP) is 12.5. The monoisotopic (exact) mass is 624 g/mol. The fraction of sp³-hybridized carbons (Fsp3) is 0. The van der Waals surface area contributed by atoms with Gasteiger partial charge in [0.15, 0.2) is 5.82 Å². The topological polar surface area (TPSA) is 38.9 Å². The van der Waals surface area contributed by atoms with Gasteiger partial charge in [-0.2, -0.15) is 0 Å². The van der Waals surface area contributed by atoms with Crippen molar-refractivity contribution in [2.24, 2.45) is 0 Å². The molecule has 2 heterocycles. The van der Waals surface area contributed by atoms with Gasteiger partial charge in [-0.1, -0.05) is 146 Å². The third-order valence-electron chi connectivity index (χ3n) is 9.70. The number of hydrogen-bond acceptors (Lipinski definition) is 3. The van der Waals surface area contributed by atoms with Gasteiger partial charge in [0, 0.05) is 21.9 Å². The lowest BCUT2D eigenvalue weighted by Gasteiger charge is -2.13. The number of rotatable bonds is 4. The number of nitrogens with zero attached hydrogens (tertiary/aromatic N) is 2. The van der Waals surface area contributed by atoms with Gasteiger partial charge in [0.25, 0.3) is 0 Å². The molecule has 0 fully saturated rings. The van der Waals surface area contributed by atoms with Gasteiger partial charge in [-0.15, -0.1) is 0 Å². The van der Waals surface area contributed by atoms with Crippen LogP contribution in [0.25, 0.3) is 99.3 Å². The highest BCUT2D eigenvalue weighted by Crippen LogP contribution is 2.39. The van der Waals surface area contributed by atoms with E-state index in [1.54, 1.807) is 0 Å². The van der Waals surface area contributed by atoms with Gasteiger partial charge in [0.1, 0.15) is 11.2 Å². The molecule has 0 aliphatic heterocycles. The van der Waals surface area contributed by atoms with E-state index in [0.29, 0.717) is 5.82 Å². The maximum Gasteiger partial charge on any atom is 0.164 e. The number of furan rings is 1. The number of para-hydroxylation sites is 2. The largest absolute Gasteiger partial charge is 0.455 e. The van der Waals surface area contributed by atoms with Gasteiger partial charge < -0.3 is 4.42 Å². The minimum Gasteiger partial charge on any atom is -0.455 e. The predicted molar refractivity (Wildman–Crippen MR) is 204 cm³/mol. The van der Waals surface area contributed by atoms with Crippen LogP contribution in [0.15, 0.2) is 174 Å². The van der Waals surface area contributed by atoms with Crippen molar-refractivity contribution < 1.29 is 4.42 Å². The van der Waals surface area contributed by atoms with E-state index in [2.05, 4.69) is 146 Å². The van der Waals surface area contributed by atoms with Crippen LogP contribution in [-0.4, -0.2) is 9.97 Å². The summed E-state index contributed by atoms with van der Waals surface area (Å²) in [5.74, 6) is 0.632. The van der Waals surface area contributed by atoms with Crippen LogP contribution in [0.2, 0.25) is 0 Å². The molecule has 3 heteroatoms. The van der Waals surface area contributed by atoms with E-state index in [1.807, 2.05) is 24.3 Å². The van der Waals surface area contributed by atoms with Gasteiger partial charge in [0.05, 0.1) is 17.0 Å². The molecule has 0 aliphatic carbocycles. The van der Waals surface area contributed by atoms with Crippen LogP contribution in [0, 0.1) is 0 Å². The minimum absolute atomic E-state index is 0.632. The second-order valence-electron chi connectivity index (χ2n) is 12.5. The Kier molecular flexibility index (Phi) is 6.18. The summed E-state index contributed by atoms with van der Waals surface area (Å²) < 4.78 is 6.46. The second kappa shape index (κ2) is 11.0. The molecule has 0 saturated carbocycles. The lowest BCUT2D eigenvalue weighted by molar-refractivity contribution is 0.669. The normalized spacial score (nSPS) is 11.7. The Morgan fingerprint density at radius 2 is 0.837 bits per heavy atom. The van der Waals surface area contributed by atoms with Crippen LogP contribution in [-0.2, 0) is 0 Å². The molecule has 2 aromatic heterocycles. The highest BCUT2D eigenvalue weighted by atomic mass is 16.3. The summed E-state index contributed by atoms with van der Waals surface area (Å²) in [7, 11) is 0. The number of benzene rings is 8. The van der Waals surface area contributed by atoms with E-state index >= 15 is 0 Å². The maximum atomic E-state index is 6.46. The van der Waals surface area contributed by atoms with E-state index < -0.39 is 0 Å². The third-order valence-corrected chi connectivity index (χ3v) is 9.70. The number of hydrogen-bond donors (Lipinski definition) is 0. The van der Waals surface area contributed by atoms with Crippen LogP contribution >= 0.6 is 0 Å². The molecule has 0 N–H and O–H groups in total. The van der Waals surface area contributed by atoms with Crippen molar-refractivity contribution in [2.75, 3.05) is 0 Å². The van der Waals surface area contributed by atoms with E-state index in [9.17, 15) is 0 Å². The van der Waals surface area contributed by atoms with Crippen LogP contribution in [0.4, 0.5) is 0 Å². The zero-order valence-corrected chi connectivity index (χ0v) is 26.5. The average Bonchev–Trinajstić information content (AvgIpc) is 3.57. The van der Waals surface area contributed by atoms with Crippen molar-refractivity contribution in [1.82, 2.24) is 9.97 Å². The summed E-state index contributed by atoms with van der Waals surface area (Å²) in [6.45, 7) is 0. The first-order valence-corrected chi connectivity index (χ1v) is 16.6. The fourth-order valence-electron chi connectivity index (χ4n) is 7.32. The van der Waals surface area contributed by atoms with Gasteiger partial charge in [-0.05, 0) is 67.7 Å². The molecular formula is C46H28N2O. The molecule has 0 saturated heterocycles. The minimum atomic E-state index is 0.632. The molecule has 0 atom stereocenters. The summed E-state index contributed by atoms with van der Waals surface area (Å²) in [5.41, 5.74) is 8.65. The van der Waals surface area contributed by atoms with Gasteiger partial charge in [-0.3, -0.25) is 0 Å². The molecule has 3 nitrogen and oxygen atoms in total. The average molecular weight is 625 g/mol.